The molecular weight excluding hydrogens is 230 g/mol. The first-order valence-electron chi connectivity index (χ1n) is 6.63. The molecule has 0 amide bonds. The molecule has 98 valence electrons. The lowest BCUT2D eigenvalue weighted by atomic mass is 10.2. The Labute approximate surface area is 106 Å². The van der Waals surface area contributed by atoms with E-state index in [0.29, 0.717) is 5.92 Å². The zero-order valence-electron chi connectivity index (χ0n) is 10.8. The van der Waals surface area contributed by atoms with Gasteiger partial charge in [-0.3, -0.25) is 4.79 Å². The van der Waals surface area contributed by atoms with Crippen LogP contribution < -0.4 is 10.5 Å². The van der Waals surface area contributed by atoms with Crippen LogP contribution in [0.5, 0.6) is 0 Å². The van der Waals surface area contributed by atoms with Crippen molar-refractivity contribution in [1.29, 1.82) is 0 Å². The Kier molecular flexibility index (Phi) is 2.86. The molecule has 0 bridgehead atoms. The summed E-state index contributed by atoms with van der Waals surface area (Å²) in [5.74, 6) is 2.11. The van der Waals surface area contributed by atoms with Crippen LogP contribution >= 0.6 is 0 Å². The Morgan fingerprint density at radius 2 is 2.00 bits per heavy atom. The minimum Gasteiger partial charge on any atom is -0.372 e. The first-order chi connectivity index (χ1) is 8.61. The predicted molar refractivity (Wildman–Crippen MR) is 69.1 cm³/mol. The summed E-state index contributed by atoms with van der Waals surface area (Å²) in [7, 11) is 0. The molecule has 5 heteroatoms. The van der Waals surface area contributed by atoms with E-state index in [4.69, 9.17) is 4.74 Å². The Hall–Kier alpha value is -1.36. The Bertz CT molecular complexity index is 485. The molecule has 1 saturated carbocycles. The van der Waals surface area contributed by atoms with Crippen molar-refractivity contribution in [1.82, 2.24) is 9.97 Å². The number of ether oxygens (including phenoxy) is 1. The minimum absolute atomic E-state index is 0.0475. The van der Waals surface area contributed by atoms with Gasteiger partial charge in [0.25, 0.3) is 5.56 Å². The summed E-state index contributed by atoms with van der Waals surface area (Å²) in [4.78, 5) is 21.3. The van der Waals surface area contributed by atoms with Crippen molar-refractivity contribution in [2.75, 3.05) is 18.0 Å². The zero-order chi connectivity index (χ0) is 12.7. The molecule has 1 aromatic rings. The molecule has 2 unspecified atom stereocenters. The van der Waals surface area contributed by atoms with Crippen LogP contribution in [0.3, 0.4) is 0 Å². The molecule has 1 saturated heterocycles. The van der Waals surface area contributed by atoms with Crippen molar-refractivity contribution in [2.45, 2.75) is 44.8 Å². The van der Waals surface area contributed by atoms with E-state index in [1.807, 2.05) is 0 Å². The first kappa shape index (κ1) is 11.7. The standard InChI is InChI=1S/C13H19N3O2/c1-8-6-16(7-9(2)18-8)11-5-12(17)15-13(14-11)10-3-4-10/h5,8-10H,3-4,6-7H2,1-2H3,(H,14,15,17). The van der Waals surface area contributed by atoms with Gasteiger partial charge >= 0.3 is 0 Å². The normalized spacial score (nSPS) is 28.4. The maximum atomic E-state index is 11.7. The highest BCUT2D eigenvalue weighted by Crippen LogP contribution is 2.38. The highest BCUT2D eigenvalue weighted by Gasteiger charge is 2.28. The number of hydrogen-bond donors (Lipinski definition) is 1. The highest BCUT2D eigenvalue weighted by molar-refractivity contribution is 5.39. The summed E-state index contributed by atoms with van der Waals surface area (Å²) in [5.41, 5.74) is -0.0475. The van der Waals surface area contributed by atoms with Crippen LogP contribution in [-0.4, -0.2) is 35.3 Å². The van der Waals surface area contributed by atoms with Gasteiger partial charge < -0.3 is 14.6 Å². The van der Waals surface area contributed by atoms with Gasteiger partial charge in [-0.25, -0.2) is 4.98 Å². The number of morpholine rings is 1. The van der Waals surface area contributed by atoms with Gasteiger partial charge in [-0.05, 0) is 26.7 Å². The monoisotopic (exact) mass is 249 g/mol. The molecule has 2 atom stereocenters. The summed E-state index contributed by atoms with van der Waals surface area (Å²) in [6.45, 7) is 5.70. The predicted octanol–water partition coefficient (Wildman–Crippen LogP) is 1.26. The van der Waals surface area contributed by atoms with Crippen molar-refractivity contribution in [3.05, 3.63) is 22.2 Å². The minimum atomic E-state index is -0.0475. The summed E-state index contributed by atoms with van der Waals surface area (Å²) in [5, 5.41) is 0. The van der Waals surface area contributed by atoms with Crippen LogP contribution in [0.15, 0.2) is 10.9 Å². The average molecular weight is 249 g/mol. The van der Waals surface area contributed by atoms with E-state index in [0.717, 1.165) is 37.6 Å². The maximum absolute atomic E-state index is 11.7. The summed E-state index contributed by atoms with van der Waals surface area (Å²) >= 11 is 0. The molecule has 2 heterocycles. The molecule has 1 aliphatic carbocycles. The molecule has 5 nitrogen and oxygen atoms in total. The molecule has 0 aromatic carbocycles. The van der Waals surface area contributed by atoms with Crippen molar-refractivity contribution in [2.24, 2.45) is 0 Å². The Morgan fingerprint density at radius 1 is 1.33 bits per heavy atom. The second-order valence-corrected chi connectivity index (χ2v) is 5.43. The zero-order valence-corrected chi connectivity index (χ0v) is 10.8. The lowest BCUT2D eigenvalue weighted by molar-refractivity contribution is -0.00548. The maximum Gasteiger partial charge on any atom is 0.252 e. The second kappa shape index (κ2) is 4.39. The summed E-state index contributed by atoms with van der Waals surface area (Å²) in [6, 6.07) is 1.59. The third-order valence-corrected chi connectivity index (χ3v) is 3.45. The number of H-pyrrole nitrogens is 1. The van der Waals surface area contributed by atoms with Crippen molar-refractivity contribution in [3.8, 4) is 0 Å². The van der Waals surface area contributed by atoms with Gasteiger partial charge in [0, 0.05) is 25.1 Å². The van der Waals surface area contributed by atoms with E-state index >= 15 is 0 Å². The van der Waals surface area contributed by atoms with Gasteiger partial charge in [-0.15, -0.1) is 0 Å². The van der Waals surface area contributed by atoms with E-state index in [9.17, 15) is 4.79 Å². The van der Waals surface area contributed by atoms with Crippen molar-refractivity contribution < 1.29 is 4.74 Å². The molecule has 2 aliphatic rings. The fourth-order valence-corrected chi connectivity index (χ4v) is 2.54. The molecular formula is C13H19N3O2. The lowest BCUT2D eigenvalue weighted by Gasteiger charge is -2.36. The van der Waals surface area contributed by atoms with Crippen molar-refractivity contribution in [3.63, 3.8) is 0 Å². The van der Waals surface area contributed by atoms with E-state index in [1.54, 1.807) is 6.07 Å². The van der Waals surface area contributed by atoms with Crippen LogP contribution in [0.25, 0.3) is 0 Å². The molecule has 3 rings (SSSR count). The quantitative estimate of drug-likeness (QED) is 0.857. The van der Waals surface area contributed by atoms with Gasteiger partial charge in [0.05, 0.1) is 12.2 Å². The van der Waals surface area contributed by atoms with E-state index in [-0.39, 0.29) is 17.8 Å². The Morgan fingerprint density at radius 3 is 2.61 bits per heavy atom. The summed E-state index contributed by atoms with van der Waals surface area (Å²) < 4.78 is 5.70. The molecule has 18 heavy (non-hydrogen) atoms. The van der Waals surface area contributed by atoms with Crippen LogP contribution in [0, 0.1) is 0 Å². The molecule has 0 radical (unpaired) electrons. The number of nitrogens with zero attached hydrogens (tertiary/aromatic N) is 2. The third kappa shape index (κ3) is 2.41. The van der Waals surface area contributed by atoms with Gasteiger partial charge in [0.15, 0.2) is 0 Å². The van der Waals surface area contributed by atoms with Crippen LogP contribution in [0.1, 0.15) is 38.4 Å². The second-order valence-electron chi connectivity index (χ2n) is 5.43. The third-order valence-electron chi connectivity index (χ3n) is 3.45. The average Bonchev–Trinajstić information content (AvgIpc) is 3.10. The molecule has 0 spiro atoms. The van der Waals surface area contributed by atoms with Gasteiger partial charge in [0.2, 0.25) is 0 Å². The molecule has 1 N–H and O–H groups in total. The highest BCUT2D eigenvalue weighted by atomic mass is 16.5. The summed E-state index contributed by atoms with van der Waals surface area (Å²) in [6.07, 6.45) is 2.64. The van der Waals surface area contributed by atoms with Gasteiger partial charge in [-0.2, -0.15) is 0 Å². The first-order valence-corrected chi connectivity index (χ1v) is 6.63. The van der Waals surface area contributed by atoms with Crippen LogP contribution in [0.4, 0.5) is 5.82 Å². The van der Waals surface area contributed by atoms with E-state index < -0.39 is 0 Å². The van der Waals surface area contributed by atoms with E-state index in [1.165, 1.54) is 0 Å². The topological polar surface area (TPSA) is 58.2 Å². The molecule has 1 aromatic heterocycles. The van der Waals surface area contributed by atoms with E-state index in [2.05, 4.69) is 28.7 Å². The van der Waals surface area contributed by atoms with Gasteiger partial charge in [0.1, 0.15) is 11.6 Å². The van der Waals surface area contributed by atoms with Crippen LogP contribution in [-0.2, 0) is 4.74 Å². The Balaban J connectivity index is 1.88. The SMILES string of the molecule is CC1CN(c2cc(=O)[nH]c(C3CC3)n2)CC(C)O1. The number of nitrogens with one attached hydrogen (secondary N) is 1. The van der Waals surface area contributed by atoms with Gasteiger partial charge in [-0.1, -0.05) is 0 Å². The fourth-order valence-electron chi connectivity index (χ4n) is 2.54. The number of rotatable bonds is 2. The smallest absolute Gasteiger partial charge is 0.252 e. The number of hydrogen-bond acceptors (Lipinski definition) is 4. The fraction of sp³-hybridized carbons (Fsp3) is 0.692. The number of aromatic amines is 1. The van der Waals surface area contributed by atoms with Crippen molar-refractivity contribution >= 4 is 5.82 Å². The lowest BCUT2D eigenvalue weighted by Crippen LogP contribution is -2.46. The number of anilines is 1. The molecule has 2 fully saturated rings. The number of aromatic nitrogens is 2. The molecule has 1 aliphatic heterocycles. The largest absolute Gasteiger partial charge is 0.372 e. The van der Waals surface area contributed by atoms with Crippen LogP contribution in [0.2, 0.25) is 0 Å².